The molecular formula is C18H17F3N2. The molecule has 1 saturated heterocycles. The van der Waals surface area contributed by atoms with Crippen LogP contribution >= 0.6 is 0 Å². The highest BCUT2D eigenvalue weighted by molar-refractivity contribution is 5.34. The fourth-order valence-electron chi connectivity index (χ4n) is 3.82. The number of hydrogen-bond acceptors (Lipinski definition) is 2. The summed E-state index contributed by atoms with van der Waals surface area (Å²) in [6.07, 6.45) is -3.42. The monoisotopic (exact) mass is 318 g/mol. The van der Waals surface area contributed by atoms with E-state index in [4.69, 9.17) is 0 Å². The molecule has 2 unspecified atom stereocenters. The van der Waals surface area contributed by atoms with E-state index in [2.05, 4.69) is 22.0 Å². The Hall–Kier alpha value is -1.88. The van der Waals surface area contributed by atoms with Crippen molar-refractivity contribution in [2.45, 2.75) is 24.6 Å². The molecule has 1 aliphatic carbocycles. The van der Waals surface area contributed by atoms with Crippen LogP contribution < -0.4 is 0 Å². The minimum atomic E-state index is -4.38. The van der Waals surface area contributed by atoms with Crippen molar-refractivity contribution in [3.63, 3.8) is 0 Å². The molecule has 0 amide bonds. The lowest BCUT2D eigenvalue weighted by atomic mass is 10.0. The van der Waals surface area contributed by atoms with Crippen LogP contribution in [0.25, 0.3) is 0 Å². The molecule has 2 aliphatic rings. The molecule has 1 aliphatic heterocycles. The normalized spacial score (nSPS) is 27.0. The molecule has 120 valence electrons. The highest BCUT2D eigenvalue weighted by Crippen LogP contribution is 2.58. The summed E-state index contributed by atoms with van der Waals surface area (Å²) in [4.78, 5) is 6.25. The average molecular weight is 318 g/mol. The maximum atomic E-state index is 12.9. The lowest BCUT2D eigenvalue weighted by Gasteiger charge is -2.21. The topological polar surface area (TPSA) is 16.1 Å². The molecule has 0 bridgehead atoms. The summed E-state index contributed by atoms with van der Waals surface area (Å²) in [5, 5.41) is 0. The van der Waals surface area contributed by atoms with Crippen LogP contribution in [0.15, 0.2) is 48.5 Å². The maximum absolute atomic E-state index is 12.9. The van der Waals surface area contributed by atoms with Gasteiger partial charge >= 0.3 is 6.18 Å². The Kier molecular flexibility index (Phi) is 3.23. The third kappa shape index (κ3) is 2.63. The number of nitrogens with zero attached hydrogens (tertiary/aromatic N) is 2. The summed E-state index contributed by atoms with van der Waals surface area (Å²) < 4.78 is 38.7. The number of pyridine rings is 1. The van der Waals surface area contributed by atoms with Crippen molar-refractivity contribution in [1.82, 2.24) is 9.88 Å². The van der Waals surface area contributed by atoms with Gasteiger partial charge in [-0.05, 0) is 30.0 Å². The number of rotatable bonds is 3. The zero-order valence-electron chi connectivity index (χ0n) is 12.6. The number of likely N-dealkylation sites (tertiary alicyclic amines) is 1. The summed E-state index contributed by atoms with van der Waals surface area (Å²) >= 11 is 0. The first-order valence-electron chi connectivity index (χ1n) is 7.78. The molecule has 1 aromatic carbocycles. The molecule has 23 heavy (non-hydrogen) atoms. The Bertz CT molecular complexity index is 714. The van der Waals surface area contributed by atoms with Crippen LogP contribution in [-0.4, -0.2) is 23.0 Å². The van der Waals surface area contributed by atoms with Crippen LogP contribution in [-0.2, 0) is 18.1 Å². The van der Waals surface area contributed by atoms with Gasteiger partial charge in [-0.2, -0.15) is 13.2 Å². The maximum Gasteiger partial charge on any atom is 0.433 e. The van der Waals surface area contributed by atoms with Crippen LogP contribution in [0, 0.1) is 5.92 Å². The molecule has 1 aromatic heterocycles. The predicted molar refractivity (Wildman–Crippen MR) is 80.7 cm³/mol. The van der Waals surface area contributed by atoms with E-state index in [1.165, 1.54) is 11.6 Å². The van der Waals surface area contributed by atoms with E-state index < -0.39 is 11.9 Å². The van der Waals surface area contributed by atoms with E-state index in [1.807, 2.05) is 18.2 Å². The van der Waals surface area contributed by atoms with Gasteiger partial charge in [-0.25, -0.2) is 4.98 Å². The van der Waals surface area contributed by atoms with Crippen molar-refractivity contribution in [3.8, 4) is 0 Å². The second-order valence-electron chi connectivity index (χ2n) is 6.62. The van der Waals surface area contributed by atoms with Gasteiger partial charge in [0.25, 0.3) is 0 Å². The largest absolute Gasteiger partial charge is 0.433 e. The molecule has 4 rings (SSSR count). The number of hydrogen-bond donors (Lipinski definition) is 0. The van der Waals surface area contributed by atoms with Crippen molar-refractivity contribution < 1.29 is 13.2 Å². The fraction of sp³-hybridized carbons (Fsp3) is 0.389. The standard InChI is InChI=1S/C18H17F3N2/c19-18(20,21)16-8-4-7-15(22-16)17-9-14(17)11-23(12-17)10-13-5-2-1-3-6-13/h1-8,14H,9-12H2. The molecule has 0 N–H and O–H groups in total. The minimum Gasteiger partial charge on any atom is -0.298 e. The number of halogens is 3. The van der Waals surface area contributed by atoms with E-state index >= 15 is 0 Å². The summed E-state index contributed by atoms with van der Waals surface area (Å²) in [5.41, 5.74) is 0.890. The van der Waals surface area contributed by atoms with Gasteiger partial charge in [-0.15, -0.1) is 0 Å². The zero-order valence-corrected chi connectivity index (χ0v) is 12.6. The minimum absolute atomic E-state index is 0.171. The lowest BCUT2D eigenvalue weighted by molar-refractivity contribution is -0.141. The Morgan fingerprint density at radius 3 is 2.61 bits per heavy atom. The third-order valence-corrected chi connectivity index (χ3v) is 5.01. The van der Waals surface area contributed by atoms with Gasteiger partial charge in [0.1, 0.15) is 5.69 Å². The van der Waals surface area contributed by atoms with Gasteiger partial charge < -0.3 is 0 Å². The SMILES string of the molecule is FC(F)(F)c1cccc(C23CC2CN(Cc2ccccc2)C3)n1. The number of aromatic nitrogens is 1. The van der Waals surface area contributed by atoms with Crippen LogP contribution in [0.1, 0.15) is 23.4 Å². The summed E-state index contributed by atoms with van der Waals surface area (Å²) in [6.45, 7) is 2.58. The number of alkyl halides is 3. The van der Waals surface area contributed by atoms with Gasteiger partial charge in [0.05, 0.1) is 0 Å². The number of fused-ring (bicyclic) bond motifs is 1. The van der Waals surface area contributed by atoms with Gasteiger partial charge in [0.15, 0.2) is 0 Å². The average Bonchev–Trinajstić information content (AvgIpc) is 3.10. The van der Waals surface area contributed by atoms with Crippen molar-refractivity contribution in [2.75, 3.05) is 13.1 Å². The van der Waals surface area contributed by atoms with Crippen LogP contribution in [0.3, 0.4) is 0 Å². The number of piperidine rings is 1. The molecule has 2 fully saturated rings. The predicted octanol–water partition coefficient (Wildman–Crippen LogP) is 3.87. The summed E-state index contributed by atoms with van der Waals surface area (Å²) in [7, 11) is 0. The van der Waals surface area contributed by atoms with Crippen LogP contribution in [0.5, 0.6) is 0 Å². The van der Waals surface area contributed by atoms with Crippen LogP contribution in [0.2, 0.25) is 0 Å². The first-order valence-corrected chi connectivity index (χ1v) is 7.78. The third-order valence-electron chi connectivity index (χ3n) is 5.01. The molecule has 2 atom stereocenters. The van der Waals surface area contributed by atoms with Crippen LogP contribution in [0.4, 0.5) is 13.2 Å². The molecule has 5 heteroatoms. The van der Waals surface area contributed by atoms with Gasteiger partial charge in [0, 0.05) is 30.7 Å². The Morgan fingerprint density at radius 2 is 1.87 bits per heavy atom. The van der Waals surface area contributed by atoms with Gasteiger partial charge in [0.2, 0.25) is 0 Å². The van der Waals surface area contributed by atoms with Gasteiger partial charge in [-0.3, -0.25) is 4.90 Å². The van der Waals surface area contributed by atoms with Crippen molar-refractivity contribution in [2.24, 2.45) is 5.92 Å². The Morgan fingerprint density at radius 1 is 1.09 bits per heavy atom. The number of benzene rings is 1. The van der Waals surface area contributed by atoms with Crippen molar-refractivity contribution in [3.05, 3.63) is 65.5 Å². The molecule has 0 radical (unpaired) electrons. The first kappa shape index (κ1) is 14.7. The molecular weight excluding hydrogens is 301 g/mol. The first-order chi connectivity index (χ1) is 11.0. The van der Waals surface area contributed by atoms with Crippen molar-refractivity contribution in [1.29, 1.82) is 0 Å². The smallest absolute Gasteiger partial charge is 0.298 e. The Labute approximate surface area is 133 Å². The van der Waals surface area contributed by atoms with E-state index in [0.29, 0.717) is 11.6 Å². The Balaban J connectivity index is 1.53. The summed E-state index contributed by atoms with van der Waals surface area (Å²) in [5.74, 6) is 0.433. The van der Waals surface area contributed by atoms with E-state index in [9.17, 15) is 13.2 Å². The molecule has 2 nitrogen and oxygen atoms in total. The molecule has 2 aromatic rings. The van der Waals surface area contributed by atoms with Gasteiger partial charge in [-0.1, -0.05) is 36.4 Å². The second kappa shape index (κ2) is 5.06. The van der Waals surface area contributed by atoms with Crippen molar-refractivity contribution >= 4 is 0 Å². The fourth-order valence-corrected chi connectivity index (χ4v) is 3.82. The van der Waals surface area contributed by atoms with E-state index in [0.717, 1.165) is 32.1 Å². The second-order valence-corrected chi connectivity index (χ2v) is 6.62. The molecule has 1 saturated carbocycles. The lowest BCUT2D eigenvalue weighted by Crippen LogP contribution is -2.27. The van der Waals surface area contributed by atoms with E-state index in [-0.39, 0.29) is 5.41 Å². The zero-order chi connectivity index (χ0) is 16.1. The molecule has 0 spiro atoms. The highest BCUT2D eigenvalue weighted by atomic mass is 19.4. The quantitative estimate of drug-likeness (QED) is 0.854. The summed E-state index contributed by atoms with van der Waals surface area (Å²) in [6, 6.07) is 14.5. The highest BCUT2D eigenvalue weighted by Gasteiger charge is 2.61. The molecule has 2 heterocycles. The van der Waals surface area contributed by atoms with E-state index in [1.54, 1.807) is 6.07 Å².